The van der Waals surface area contributed by atoms with Crippen molar-refractivity contribution in [2.45, 2.75) is 46.1 Å². The number of nitriles is 1. The van der Waals surface area contributed by atoms with E-state index in [-0.39, 0.29) is 0 Å². The second-order valence-corrected chi connectivity index (χ2v) is 5.66. The molecular formula is C16H22N2. The van der Waals surface area contributed by atoms with Crippen molar-refractivity contribution in [2.75, 3.05) is 5.32 Å². The minimum atomic E-state index is 0.543. The molecule has 0 spiro atoms. The first-order valence-corrected chi connectivity index (χ1v) is 6.89. The van der Waals surface area contributed by atoms with Crippen molar-refractivity contribution in [1.29, 1.82) is 5.26 Å². The molecule has 18 heavy (non-hydrogen) atoms. The molecule has 1 aliphatic carbocycles. The molecule has 1 aromatic carbocycles. The highest BCUT2D eigenvalue weighted by molar-refractivity contribution is 5.55. The van der Waals surface area contributed by atoms with E-state index in [1.165, 1.54) is 24.8 Å². The first-order chi connectivity index (χ1) is 8.61. The standard InChI is InChI=1S/C16H22N2/c1-11-5-4-6-15(13(11)3)18-16-9-14(10-17)8-7-12(16)2/h7-9,11,13,15,18H,4-6H2,1-3H3. The van der Waals surface area contributed by atoms with Crippen LogP contribution in [0.1, 0.15) is 44.2 Å². The molecule has 0 radical (unpaired) electrons. The second kappa shape index (κ2) is 5.44. The van der Waals surface area contributed by atoms with Gasteiger partial charge in [-0.1, -0.05) is 32.8 Å². The highest BCUT2D eigenvalue weighted by Crippen LogP contribution is 2.32. The van der Waals surface area contributed by atoms with Gasteiger partial charge in [0.25, 0.3) is 0 Å². The van der Waals surface area contributed by atoms with Gasteiger partial charge in [0, 0.05) is 11.7 Å². The van der Waals surface area contributed by atoms with Gasteiger partial charge in [-0.2, -0.15) is 5.26 Å². The fraction of sp³-hybridized carbons (Fsp3) is 0.562. The van der Waals surface area contributed by atoms with Crippen LogP contribution >= 0.6 is 0 Å². The lowest BCUT2D eigenvalue weighted by Gasteiger charge is -2.35. The number of aryl methyl sites for hydroxylation is 1. The highest BCUT2D eigenvalue weighted by atomic mass is 14.9. The van der Waals surface area contributed by atoms with E-state index in [9.17, 15) is 0 Å². The number of nitrogens with zero attached hydrogens (tertiary/aromatic N) is 1. The third-order valence-electron chi connectivity index (χ3n) is 4.41. The first-order valence-electron chi connectivity index (χ1n) is 6.89. The Labute approximate surface area is 110 Å². The molecule has 0 aromatic heterocycles. The number of anilines is 1. The molecule has 0 bridgehead atoms. The van der Waals surface area contributed by atoms with Gasteiger partial charge >= 0.3 is 0 Å². The number of rotatable bonds is 2. The van der Waals surface area contributed by atoms with E-state index in [0.717, 1.165) is 17.2 Å². The molecule has 1 fully saturated rings. The zero-order chi connectivity index (χ0) is 13.1. The molecule has 1 saturated carbocycles. The summed E-state index contributed by atoms with van der Waals surface area (Å²) in [7, 11) is 0. The van der Waals surface area contributed by atoms with E-state index >= 15 is 0 Å². The van der Waals surface area contributed by atoms with E-state index in [4.69, 9.17) is 5.26 Å². The van der Waals surface area contributed by atoms with Gasteiger partial charge in [-0.15, -0.1) is 0 Å². The zero-order valence-electron chi connectivity index (χ0n) is 11.5. The van der Waals surface area contributed by atoms with Crippen LogP contribution in [0.3, 0.4) is 0 Å². The molecular weight excluding hydrogens is 220 g/mol. The Bertz CT molecular complexity index is 459. The van der Waals surface area contributed by atoms with Crippen molar-refractivity contribution in [3.8, 4) is 6.07 Å². The summed E-state index contributed by atoms with van der Waals surface area (Å²) in [6.45, 7) is 6.78. The Morgan fingerprint density at radius 2 is 2.06 bits per heavy atom. The van der Waals surface area contributed by atoms with Gasteiger partial charge < -0.3 is 5.32 Å². The minimum absolute atomic E-state index is 0.543. The Kier molecular flexibility index (Phi) is 3.91. The summed E-state index contributed by atoms with van der Waals surface area (Å²) in [5, 5.41) is 12.6. The fourth-order valence-electron chi connectivity index (χ4n) is 2.83. The topological polar surface area (TPSA) is 35.8 Å². The monoisotopic (exact) mass is 242 g/mol. The van der Waals surface area contributed by atoms with Crippen molar-refractivity contribution in [2.24, 2.45) is 11.8 Å². The molecule has 0 aliphatic heterocycles. The summed E-state index contributed by atoms with van der Waals surface area (Å²) in [5.41, 5.74) is 3.08. The summed E-state index contributed by atoms with van der Waals surface area (Å²) in [5.74, 6) is 1.49. The highest BCUT2D eigenvalue weighted by Gasteiger charge is 2.27. The average molecular weight is 242 g/mol. The summed E-state index contributed by atoms with van der Waals surface area (Å²) < 4.78 is 0. The SMILES string of the molecule is Cc1ccc(C#N)cc1NC1CCCC(C)C1C. The van der Waals surface area contributed by atoms with Crippen molar-refractivity contribution in [3.63, 3.8) is 0 Å². The van der Waals surface area contributed by atoms with E-state index in [2.05, 4.69) is 32.2 Å². The Morgan fingerprint density at radius 1 is 1.28 bits per heavy atom. The van der Waals surface area contributed by atoms with Crippen LogP contribution < -0.4 is 5.32 Å². The molecule has 2 rings (SSSR count). The van der Waals surface area contributed by atoms with Gasteiger partial charge in [0.2, 0.25) is 0 Å². The van der Waals surface area contributed by atoms with Crippen molar-refractivity contribution < 1.29 is 0 Å². The molecule has 0 heterocycles. The minimum Gasteiger partial charge on any atom is -0.382 e. The van der Waals surface area contributed by atoms with Crippen molar-refractivity contribution >= 4 is 5.69 Å². The normalized spacial score (nSPS) is 27.6. The van der Waals surface area contributed by atoms with Crippen LogP contribution in [0.4, 0.5) is 5.69 Å². The molecule has 3 unspecified atom stereocenters. The maximum absolute atomic E-state index is 8.98. The third kappa shape index (κ3) is 2.67. The largest absolute Gasteiger partial charge is 0.382 e. The number of hydrogen-bond donors (Lipinski definition) is 1. The maximum Gasteiger partial charge on any atom is 0.0992 e. The van der Waals surface area contributed by atoms with Crippen LogP contribution in [0.25, 0.3) is 0 Å². The molecule has 0 amide bonds. The van der Waals surface area contributed by atoms with Gasteiger partial charge in [-0.05, 0) is 42.9 Å². The molecule has 2 heteroatoms. The summed E-state index contributed by atoms with van der Waals surface area (Å²) in [6, 6.07) is 8.64. The third-order valence-corrected chi connectivity index (χ3v) is 4.41. The predicted octanol–water partition coefficient (Wildman–Crippen LogP) is 4.10. The Hall–Kier alpha value is -1.49. The van der Waals surface area contributed by atoms with E-state index in [1.807, 2.05) is 18.2 Å². The van der Waals surface area contributed by atoms with Crippen LogP contribution in [0.5, 0.6) is 0 Å². The number of nitrogens with one attached hydrogen (secondary N) is 1. The van der Waals surface area contributed by atoms with E-state index in [1.54, 1.807) is 0 Å². The molecule has 1 N–H and O–H groups in total. The van der Waals surface area contributed by atoms with E-state index < -0.39 is 0 Å². The zero-order valence-corrected chi connectivity index (χ0v) is 11.5. The molecule has 1 aliphatic rings. The van der Waals surface area contributed by atoms with Crippen molar-refractivity contribution in [3.05, 3.63) is 29.3 Å². The predicted molar refractivity (Wildman–Crippen MR) is 75.5 cm³/mol. The van der Waals surface area contributed by atoms with Crippen LogP contribution in [-0.2, 0) is 0 Å². The van der Waals surface area contributed by atoms with Gasteiger partial charge in [-0.25, -0.2) is 0 Å². The Morgan fingerprint density at radius 3 is 2.78 bits per heavy atom. The van der Waals surface area contributed by atoms with Crippen molar-refractivity contribution in [1.82, 2.24) is 0 Å². The van der Waals surface area contributed by atoms with Gasteiger partial charge in [0.1, 0.15) is 0 Å². The second-order valence-electron chi connectivity index (χ2n) is 5.66. The van der Waals surface area contributed by atoms with E-state index in [0.29, 0.717) is 12.0 Å². The Balaban J connectivity index is 2.16. The lowest BCUT2D eigenvalue weighted by Crippen LogP contribution is -2.35. The number of benzene rings is 1. The van der Waals surface area contributed by atoms with Crippen LogP contribution in [0.15, 0.2) is 18.2 Å². The molecule has 1 aromatic rings. The van der Waals surface area contributed by atoms with Gasteiger partial charge in [0.15, 0.2) is 0 Å². The van der Waals surface area contributed by atoms with Gasteiger partial charge in [-0.3, -0.25) is 0 Å². The summed E-state index contributed by atoms with van der Waals surface area (Å²) in [6.07, 6.45) is 3.89. The molecule has 3 atom stereocenters. The van der Waals surface area contributed by atoms with Crippen LogP contribution in [0.2, 0.25) is 0 Å². The fourth-order valence-corrected chi connectivity index (χ4v) is 2.83. The summed E-state index contributed by atoms with van der Waals surface area (Å²) in [4.78, 5) is 0. The lowest BCUT2D eigenvalue weighted by molar-refractivity contribution is 0.253. The van der Waals surface area contributed by atoms with Crippen LogP contribution in [-0.4, -0.2) is 6.04 Å². The average Bonchev–Trinajstić information content (AvgIpc) is 2.37. The quantitative estimate of drug-likeness (QED) is 0.847. The molecule has 2 nitrogen and oxygen atoms in total. The smallest absolute Gasteiger partial charge is 0.0992 e. The molecule has 0 saturated heterocycles. The number of hydrogen-bond acceptors (Lipinski definition) is 2. The first kappa shape index (κ1) is 13.0. The van der Waals surface area contributed by atoms with Crippen LogP contribution in [0, 0.1) is 30.1 Å². The van der Waals surface area contributed by atoms with Gasteiger partial charge in [0.05, 0.1) is 11.6 Å². The maximum atomic E-state index is 8.98. The summed E-state index contributed by atoms with van der Waals surface area (Å²) >= 11 is 0. The molecule has 96 valence electrons. The lowest BCUT2D eigenvalue weighted by atomic mass is 9.78.